The Bertz CT molecular complexity index is 777. The van der Waals surface area contributed by atoms with Crippen LogP contribution in [-0.2, 0) is 12.8 Å². The average molecular weight is 290 g/mol. The number of para-hydroxylation sites is 2. The zero-order valence-electron chi connectivity index (χ0n) is 12.2. The van der Waals surface area contributed by atoms with Gasteiger partial charge in [0.15, 0.2) is 0 Å². The van der Waals surface area contributed by atoms with Gasteiger partial charge in [-0.25, -0.2) is 0 Å². The van der Waals surface area contributed by atoms with E-state index in [9.17, 15) is 5.11 Å². The van der Waals surface area contributed by atoms with Crippen molar-refractivity contribution in [2.45, 2.75) is 18.9 Å². The Kier molecular flexibility index (Phi) is 3.20. The maximum absolute atomic E-state index is 10.4. The molecule has 0 saturated heterocycles. The quantitative estimate of drug-likeness (QED) is 0.526. The molecule has 0 atom stereocenters. The van der Waals surface area contributed by atoms with E-state index in [0.29, 0.717) is 12.8 Å². The predicted octanol–water partition coefficient (Wildman–Crippen LogP) is 3.80. The van der Waals surface area contributed by atoms with Gasteiger partial charge in [0.25, 0.3) is 0 Å². The molecule has 22 heavy (non-hydrogen) atoms. The zero-order valence-corrected chi connectivity index (χ0v) is 12.2. The van der Waals surface area contributed by atoms with Crippen molar-refractivity contribution in [3.8, 4) is 0 Å². The van der Waals surface area contributed by atoms with Gasteiger partial charge in [0, 0.05) is 35.3 Å². The van der Waals surface area contributed by atoms with E-state index in [0.717, 1.165) is 22.4 Å². The highest BCUT2D eigenvalue weighted by Gasteiger charge is 2.11. The summed E-state index contributed by atoms with van der Waals surface area (Å²) in [5.41, 5.74) is 4.39. The molecule has 0 aliphatic heterocycles. The van der Waals surface area contributed by atoms with Gasteiger partial charge in [0.2, 0.25) is 0 Å². The van der Waals surface area contributed by atoms with Gasteiger partial charge in [-0.05, 0) is 35.0 Å². The predicted molar refractivity (Wildman–Crippen MR) is 90.0 cm³/mol. The minimum Gasteiger partial charge on any atom is -0.392 e. The summed E-state index contributed by atoms with van der Waals surface area (Å²) in [5.74, 6) is 0. The van der Waals surface area contributed by atoms with E-state index in [2.05, 4.69) is 46.4 Å². The van der Waals surface area contributed by atoms with Crippen molar-refractivity contribution in [2.75, 3.05) is 0 Å². The second-order valence-corrected chi connectivity index (χ2v) is 5.83. The van der Waals surface area contributed by atoms with Gasteiger partial charge >= 0.3 is 0 Å². The van der Waals surface area contributed by atoms with Crippen LogP contribution >= 0.6 is 0 Å². The Labute approximate surface area is 128 Å². The monoisotopic (exact) mass is 290 g/mol. The lowest BCUT2D eigenvalue weighted by Crippen LogP contribution is -2.14. The fraction of sp³-hybridized carbons (Fsp3) is 0.158. The first-order valence-corrected chi connectivity index (χ1v) is 7.59. The minimum atomic E-state index is -0.402. The third-order valence-electron chi connectivity index (χ3n) is 4.08. The van der Waals surface area contributed by atoms with Crippen LogP contribution in [0.4, 0.5) is 0 Å². The van der Waals surface area contributed by atoms with E-state index < -0.39 is 6.10 Å². The minimum absolute atomic E-state index is 0.402. The van der Waals surface area contributed by atoms with E-state index in [1.165, 1.54) is 10.8 Å². The van der Waals surface area contributed by atoms with E-state index in [-0.39, 0.29) is 0 Å². The fourth-order valence-electron chi connectivity index (χ4n) is 3.07. The van der Waals surface area contributed by atoms with E-state index in [4.69, 9.17) is 0 Å². The van der Waals surface area contributed by atoms with Crippen molar-refractivity contribution in [3.05, 3.63) is 72.1 Å². The molecule has 0 unspecified atom stereocenters. The second kappa shape index (κ2) is 5.35. The number of hydrogen-bond acceptors (Lipinski definition) is 1. The van der Waals surface area contributed by atoms with Gasteiger partial charge in [-0.1, -0.05) is 36.4 Å². The number of aliphatic hydroxyl groups is 1. The van der Waals surface area contributed by atoms with Crippen LogP contribution in [0.25, 0.3) is 21.8 Å². The molecule has 3 nitrogen and oxygen atoms in total. The highest BCUT2D eigenvalue weighted by molar-refractivity contribution is 5.80. The first-order chi connectivity index (χ1) is 10.8. The first-order valence-electron chi connectivity index (χ1n) is 7.59. The second-order valence-electron chi connectivity index (χ2n) is 5.83. The Morgan fingerprint density at radius 3 is 1.64 bits per heavy atom. The normalized spacial score (nSPS) is 11.7. The van der Waals surface area contributed by atoms with Crippen molar-refractivity contribution in [3.63, 3.8) is 0 Å². The summed E-state index contributed by atoms with van der Waals surface area (Å²) < 4.78 is 0. The molecule has 4 rings (SSSR count). The third-order valence-corrected chi connectivity index (χ3v) is 4.08. The lowest BCUT2D eigenvalue weighted by Gasteiger charge is -2.07. The molecule has 0 fully saturated rings. The molecule has 4 aromatic rings. The number of aromatic amines is 2. The Morgan fingerprint density at radius 2 is 1.18 bits per heavy atom. The molecule has 0 spiro atoms. The number of H-pyrrole nitrogens is 2. The van der Waals surface area contributed by atoms with Gasteiger partial charge in [-0.2, -0.15) is 0 Å². The molecule has 2 heterocycles. The van der Waals surface area contributed by atoms with Crippen LogP contribution in [0.1, 0.15) is 11.4 Å². The summed E-state index contributed by atoms with van der Waals surface area (Å²) in [7, 11) is 0. The lowest BCUT2D eigenvalue weighted by atomic mass is 10.1. The molecule has 2 aromatic heterocycles. The van der Waals surface area contributed by atoms with Gasteiger partial charge < -0.3 is 15.1 Å². The molecule has 3 N–H and O–H groups in total. The molecule has 0 bridgehead atoms. The molecule has 110 valence electrons. The Morgan fingerprint density at radius 1 is 0.727 bits per heavy atom. The van der Waals surface area contributed by atoms with Crippen LogP contribution in [0.2, 0.25) is 0 Å². The molecule has 0 amide bonds. The average Bonchev–Trinajstić information content (AvgIpc) is 3.08. The zero-order chi connectivity index (χ0) is 14.9. The maximum Gasteiger partial charge on any atom is 0.0649 e. The van der Waals surface area contributed by atoms with Gasteiger partial charge in [0.1, 0.15) is 0 Å². The van der Waals surface area contributed by atoms with Crippen LogP contribution in [0.5, 0.6) is 0 Å². The van der Waals surface area contributed by atoms with Crippen LogP contribution in [0.3, 0.4) is 0 Å². The summed E-state index contributed by atoms with van der Waals surface area (Å²) in [5, 5.41) is 12.7. The van der Waals surface area contributed by atoms with Crippen molar-refractivity contribution in [2.24, 2.45) is 0 Å². The standard InChI is InChI=1S/C19H18N2O/c22-17(11-15-9-13-5-1-3-7-18(13)20-15)12-16-10-14-6-2-4-8-19(14)21-16/h1-10,17,20-22H,11-12H2. The van der Waals surface area contributed by atoms with Crippen molar-refractivity contribution in [1.29, 1.82) is 0 Å². The molecule has 0 aliphatic carbocycles. The molecule has 3 heteroatoms. The summed E-state index contributed by atoms with van der Waals surface area (Å²) in [6.07, 6.45) is 0.856. The number of nitrogens with one attached hydrogen (secondary N) is 2. The highest BCUT2D eigenvalue weighted by atomic mass is 16.3. The number of hydrogen-bond donors (Lipinski definition) is 3. The molecule has 0 radical (unpaired) electrons. The number of aromatic nitrogens is 2. The largest absolute Gasteiger partial charge is 0.392 e. The molecular formula is C19H18N2O. The number of rotatable bonds is 4. The van der Waals surface area contributed by atoms with Crippen LogP contribution in [0, 0.1) is 0 Å². The summed E-state index contributed by atoms with van der Waals surface area (Å²) in [6.45, 7) is 0. The maximum atomic E-state index is 10.4. The van der Waals surface area contributed by atoms with E-state index in [1.807, 2.05) is 24.3 Å². The van der Waals surface area contributed by atoms with Gasteiger partial charge in [-0.15, -0.1) is 0 Å². The molecule has 2 aromatic carbocycles. The smallest absolute Gasteiger partial charge is 0.0649 e. The fourth-order valence-corrected chi connectivity index (χ4v) is 3.07. The van der Waals surface area contributed by atoms with Gasteiger partial charge in [-0.3, -0.25) is 0 Å². The Hall–Kier alpha value is -2.52. The van der Waals surface area contributed by atoms with Crippen LogP contribution < -0.4 is 0 Å². The summed E-state index contributed by atoms with van der Waals surface area (Å²) >= 11 is 0. The summed E-state index contributed by atoms with van der Waals surface area (Å²) in [4.78, 5) is 6.74. The SMILES string of the molecule is OC(Cc1cc2ccccc2[nH]1)Cc1cc2ccccc2[nH]1. The first kappa shape index (κ1) is 13.2. The van der Waals surface area contributed by atoms with Crippen LogP contribution in [-0.4, -0.2) is 21.2 Å². The van der Waals surface area contributed by atoms with Crippen LogP contribution in [0.15, 0.2) is 60.7 Å². The van der Waals surface area contributed by atoms with E-state index >= 15 is 0 Å². The highest BCUT2D eigenvalue weighted by Crippen LogP contribution is 2.19. The molecule has 0 aliphatic rings. The topological polar surface area (TPSA) is 51.8 Å². The number of benzene rings is 2. The third kappa shape index (κ3) is 2.51. The summed E-state index contributed by atoms with van der Waals surface area (Å²) in [6, 6.07) is 20.6. The van der Waals surface area contributed by atoms with E-state index in [1.54, 1.807) is 0 Å². The number of aliphatic hydroxyl groups excluding tert-OH is 1. The molecular weight excluding hydrogens is 272 g/mol. The van der Waals surface area contributed by atoms with Gasteiger partial charge in [0.05, 0.1) is 6.10 Å². The number of fused-ring (bicyclic) bond motifs is 2. The molecule has 0 saturated carbocycles. The van der Waals surface area contributed by atoms with Crippen molar-refractivity contribution < 1.29 is 5.11 Å². The Balaban J connectivity index is 1.50. The van der Waals surface area contributed by atoms with Crippen molar-refractivity contribution in [1.82, 2.24) is 9.97 Å². The lowest BCUT2D eigenvalue weighted by molar-refractivity contribution is 0.173. The van der Waals surface area contributed by atoms with Crippen molar-refractivity contribution >= 4 is 21.8 Å².